The molecule has 0 spiro atoms. The van der Waals surface area contributed by atoms with E-state index in [0.717, 1.165) is 57.7 Å². The van der Waals surface area contributed by atoms with E-state index in [4.69, 9.17) is 0 Å². The normalized spacial score (nSPS) is 17.5. The summed E-state index contributed by atoms with van der Waals surface area (Å²) < 4.78 is 0. The minimum Gasteiger partial charge on any atom is -0.370 e. The molecule has 2 aromatic rings. The number of hydrogen-bond acceptors (Lipinski definition) is 6. The third-order valence-corrected chi connectivity index (χ3v) is 6.33. The van der Waals surface area contributed by atoms with Gasteiger partial charge in [0, 0.05) is 82.4 Å². The second kappa shape index (κ2) is 11.6. The van der Waals surface area contributed by atoms with E-state index in [2.05, 4.69) is 59.2 Å². The Kier molecular flexibility index (Phi) is 8.86. The number of rotatable bonds is 4. The van der Waals surface area contributed by atoms with Gasteiger partial charge >= 0.3 is 0 Å². The van der Waals surface area contributed by atoms with E-state index < -0.39 is 0 Å². The number of thioether (sulfide) groups is 1. The highest BCUT2D eigenvalue weighted by atomic mass is 127. The molecule has 0 aliphatic carbocycles. The summed E-state index contributed by atoms with van der Waals surface area (Å²) in [6, 6.07) is 10.8. The summed E-state index contributed by atoms with van der Waals surface area (Å²) in [5, 5.41) is 3.52. The highest BCUT2D eigenvalue weighted by molar-refractivity contribution is 14.0. The summed E-state index contributed by atoms with van der Waals surface area (Å²) in [6.45, 7) is 6.68. The van der Waals surface area contributed by atoms with Gasteiger partial charge in [0.05, 0.1) is 0 Å². The molecule has 0 atom stereocenters. The fraction of sp³-hybridized carbons (Fsp3) is 0.476. The first-order chi connectivity index (χ1) is 14.3. The fourth-order valence-corrected chi connectivity index (χ4v) is 4.64. The Morgan fingerprint density at radius 1 is 0.967 bits per heavy atom. The molecule has 0 saturated carbocycles. The predicted molar refractivity (Wildman–Crippen MR) is 137 cm³/mol. The summed E-state index contributed by atoms with van der Waals surface area (Å²) in [4.78, 5) is 20.2. The Morgan fingerprint density at radius 2 is 1.63 bits per heavy atom. The maximum atomic E-state index is 4.49. The number of nitrogens with one attached hydrogen (secondary N) is 1. The molecule has 2 fully saturated rings. The first-order valence-corrected chi connectivity index (χ1v) is 11.4. The van der Waals surface area contributed by atoms with E-state index in [1.807, 2.05) is 24.9 Å². The van der Waals surface area contributed by atoms with Gasteiger partial charge in [0.2, 0.25) is 5.95 Å². The maximum Gasteiger partial charge on any atom is 0.225 e. The van der Waals surface area contributed by atoms with Crippen molar-refractivity contribution < 1.29 is 0 Å². The molecule has 2 aliphatic rings. The van der Waals surface area contributed by atoms with Crippen LogP contribution in [0.15, 0.2) is 47.7 Å². The second-order valence-corrected chi connectivity index (χ2v) is 8.41. The highest BCUT2D eigenvalue weighted by Crippen LogP contribution is 2.20. The highest BCUT2D eigenvalue weighted by Gasteiger charge is 2.21. The van der Waals surface area contributed by atoms with Gasteiger partial charge in [-0.1, -0.05) is 12.1 Å². The minimum absolute atomic E-state index is 0. The SMILES string of the molecule is CN=C(NCc1ccc(N2CCSCC2)cc1)N1CCN(c2ncccn2)CC1.I. The maximum absolute atomic E-state index is 4.49. The molecular formula is C21H30IN7S. The van der Waals surface area contributed by atoms with Crippen molar-refractivity contribution in [1.29, 1.82) is 0 Å². The van der Waals surface area contributed by atoms with E-state index in [-0.39, 0.29) is 24.0 Å². The van der Waals surface area contributed by atoms with E-state index >= 15 is 0 Å². The van der Waals surface area contributed by atoms with Gasteiger partial charge in [-0.3, -0.25) is 4.99 Å². The number of anilines is 2. The molecule has 1 aromatic heterocycles. The Bertz CT molecular complexity index is 789. The second-order valence-electron chi connectivity index (χ2n) is 7.19. The zero-order valence-electron chi connectivity index (χ0n) is 17.4. The lowest BCUT2D eigenvalue weighted by atomic mass is 10.2. The largest absolute Gasteiger partial charge is 0.370 e. The van der Waals surface area contributed by atoms with Crippen LogP contribution in [0.1, 0.15) is 5.56 Å². The van der Waals surface area contributed by atoms with Crippen LogP contribution in [0.5, 0.6) is 0 Å². The summed E-state index contributed by atoms with van der Waals surface area (Å²) in [5.41, 5.74) is 2.61. The molecular weight excluding hydrogens is 509 g/mol. The van der Waals surface area contributed by atoms with Crippen LogP contribution >= 0.6 is 35.7 Å². The van der Waals surface area contributed by atoms with Crippen molar-refractivity contribution in [3.05, 3.63) is 48.3 Å². The van der Waals surface area contributed by atoms with Crippen molar-refractivity contribution in [3.8, 4) is 0 Å². The van der Waals surface area contributed by atoms with Crippen molar-refractivity contribution in [2.45, 2.75) is 6.54 Å². The number of aromatic nitrogens is 2. The van der Waals surface area contributed by atoms with Gasteiger partial charge < -0.3 is 20.0 Å². The minimum atomic E-state index is 0. The van der Waals surface area contributed by atoms with E-state index in [1.165, 1.54) is 22.8 Å². The molecule has 2 saturated heterocycles. The van der Waals surface area contributed by atoms with Crippen molar-refractivity contribution in [2.24, 2.45) is 4.99 Å². The molecule has 0 bridgehead atoms. The molecule has 30 heavy (non-hydrogen) atoms. The van der Waals surface area contributed by atoms with Crippen LogP contribution in [0.25, 0.3) is 0 Å². The molecule has 4 rings (SSSR count). The molecule has 0 radical (unpaired) electrons. The van der Waals surface area contributed by atoms with E-state index in [9.17, 15) is 0 Å². The quantitative estimate of drug-likeness (QED) is 0.364. The van der Waals surface area contributed by atoms with Gasteiger partial charge in [0.25, 0.3) is 0 Å². The van der Waals surface area contributed by atoms with Crippen LogP contribution in [0.2, 0.25) is 0 Å². The van der Waals surface area contributed by atoms with Crippen molar-refractivity contribution >= 4 is 53.3 Å². The molecule has 0 amide bonds. The Morgan fingerprint density at radius 3 is 2.27 bits per heavy atom. The average Bonchev–Trinajstić information content (AvgIpc) is 2.81. The fourth-order valence-electron chi connectivity index (χ4n) is 3.73. The average molecular weight is 539 g/mol. The van der Waals surface area contributed by atoms with Crippen LogP contribution in [0.4, 0.5) is 11.6 Å². The van der Waals surface area contributed by atoms with Crippen LogP contribution in [0, 0.1) is 0 Å². The van der Waals surface area contributed by atoms with Crippen molar-refractivity contribution in [2.75, 3.05) is 67.6 Å². The van der Waals surface area contributed by atoms with Gasteiger partial charge in [0.1, 0.15) is 0 Å². The summed E-state index contributed by atoms with van der Waals surface area (Å²) in [6.07, 6.45) is 3.59. The number of nitrogens with zero attached hydrogens (tertiary/aromatic N) is 6. The number of aliphatic imine (C=N–C) groups is 1. The first kappa shape index (κ1) is 22.9. The molecule has 3 heterocycles. The topological polar surface area (TPSA) is 59.9 Å². The third-order valence-electron chi connectivity index (χ3n) is 5.39. The van der Waals surface area contributed by atoms with Gasteiger partial charge in [-0.15, -0.1) is 24.0 Å². The van der Waals surface area contributed by atoms with Crippen LogP contribution in [-0.4, -0.2) is 78.6 Å². The third kappa shape index (κ3) is 5.90. The predicted octanol–water partition coefficient (Wildman–Crippen LogP) is 2.55. The first-order valence-electron chi connectivity index (χ1n) is 10.2. The van der Waals surface area contributed by atoms with Crippen molar-refractivity contribution in [1.82, 2.24) is 20.2 Å². The van der Waals surface area contributed by atoms with Crippen LogP contribution in [0.3, 0.4) is 0 Å². The van der Waals surface area contributed by atoms with E-state index in [0.29, 0.717) is 0 Å². The Hall–Kier alpha value is -1.75. The van der Waals surface area contributed by atoms with Crippen LogP contribution in [-0.2, 0) is 6.54 Å². The molecule has 7 nitrogen and oxygen atoms in total. The Balaban J connectivity index is 0.00000256. The lowest BCUT2D eigenvalue weighted by Crippen LogP contribution is -2.52. The van der Waals surface area contributed by atoms with Gasteiger partial charge in [0.15, 0.2) is 5.96 Å². The number of benzene rings is 1. The lowest BCUT2D eigenvalue weighted by molar-refractivity contribution is 0.370. The van der Waals surface area contributed by atoms with Gasteiger partial charge in [-0.2, -0.15) is 11.8 Å². The molecule has 9 heteroatoms. The standard InChI is InChI=1S/C21H29N7S.HI/c1-22-20(27-9-11-28(12-10-27)21-23-7-2-8-24-21)25-17-18-3-5-19(6-4-18)26-13-15-29-16-14-26;/h2-8H,9-17H2,1H3,(H,22,25);1H. The molecule has 1 aromatic carbocycles. The molecule has 2 aliphatic heterocycles. The Labute approximate surface area is 200 Å². The molecule has 0 unspecified atom stereocenters. The summed E-state index contributed by atoms with van der Waals surface area (Å²) in [5.74, 6) is 4.21. The monoisotopic (exact) mass is 539 g/mol. The zero-order valence-corrected chi connectivity index (χ0v) is 20.6. The summed E-state index contributed by atoms with van der Waals surface area (Å²) in [7, 11) is 1.85. The zero-order chi connectivity index (χ0) is 19.9. The number of guanidine groups is 1. The van der Waals surface area contributed by atoms with Gasteiger partial charge in [-0.25, -0.2) is 9.97 Å². The van der Waals surface area contributed by atoms with Crippen LogP contribution < -0.4 is 15.1 Å². The lowest BCUT2D eigenvalue weighted by Gasteiger charge is -2.36. The smallest absolute Gasteiger partial charge is 0.225 e. The van der Waals surface area contributed by atoms with E-state index in [1.54, 1.807) is 12.4 Å². The molecule has 162 valence electrons. The number of halogens is 1. The van der Waals surface area contributed by atoms with Crippen molar-refractivity contribution in [3.63, 3.8) is 0 Å². The number of hydrogen-bond donors (Lipinski definition) is 1. The van der Waals surface area contributed by atoms with Gasteiger partial charge in [-0.05, 0) is 23.8 Å². The molecule has 1 N–H and O–H groups in total. The summed E-state index contributed by atoms with van der Waals surface area (Å²) >= 11 is 2.04. The number of piperazine rings is 1.